The van der Waals surface area contributed by atoms with Gasteiger partial charge in [0.05, 0.1) is 18.1 Å². The van der Waals surface area contributed by atoms with Gasteiger partial charge in [0.2, 0.25) is 0 Å². The van der Waals surface area contributed by atoms with Crippen LogP contribution in [0.25, 0.3) is 10.9 Å². The molecule has 2 heterocycles. The highest BCUT2D eigenvalue weighted by Crippen LogP contribution is 2.30. The molecule has 1 aliphatic heterocycles. The number of anilines is 1. The van der Waals surface area contributed by atoms with Gasteiger partial charge in [0.1, 0.15) is 0 Å². The number of pyridine rings is 1. The predicted molar refractivity (Wildman–Crippen MR) is 86.6 cm³/mol. The predicted octanol–water partition coefficient (Wildman–Crippen LogP) is 3.02. The minimum atomic E-state index is -0.559. The summed E-state index contributed by atoms with van der Waals surface area (Å²) in [4.78, 5) is 15.1. The van der Waals surface area contributed by atoms with E-state index in [4.69, 9.17) is 9.47 Å². The van der Waals surface area contributed by atoms with Gasteiger partial charge in [-0.2, -0.15) is 0 Å². The van der Waals surface area contributed by atoms with Crippen LogP contribution in [0.5, 0.6) is 0 Å². The average Bonchev–Trinajstić information content (AvgIpc) is 2.93. The fraction of sp³-hybridized carbons (Fsp3) is 0.438. The normalized spacial score (nSPS) is 16.6. The zero-order chi connectivity index (χ0) is 16.4. The van der Waals surface area contributed by atoms with Crippen molar-refractivity contribution >= 4 is 22.3 Å². The topological polar surface area (TPSA) is 86.5 Å². The quantitative estimate of drug-likeness (QED) is 0.674. The minimum Gasteiger partial charge on any atom is -0.384 e. The number of hydrogen-bond acceptors (Lipinski definition) is 6. The van der Waals surface area contributed by atoms with E-state index in [-0.39, 0.29) is 5.69 Å². The first-order valence-corrected chi connectivity index (χ1v) is 7.55. The monoisotopic (exact) mass is 317 g/mol. The molecule has 1 saturated heterocycles. The van der Waals surface area contributed by atoms with Gasteiger partial charge in [-0.3, -0.25) is 10.1 Å². The molecule has 122 valence electrons. The highest BCUT2D eigenvalue weighted by Gasteiger charge is 2.30. The van der Waals surface area contributed by atoms with E-state index in [2.05, 4.69) is 10.3 Å². The van der Waals surface area contributed by atoms with Crippen LogP contribution in [0.2, 0.25) is 0 Å². The van der Waals surface area contributed by atoms with Crippen LogP contribution in [0.4, 0.5) is 11.4 Å². The minimum absolute atomic E-state index is 0.0173. The summed E-state index contributed by atoms with van der Waals surface area (Å²) in [5, 5.41) is 15.2. The molecule has 0 aliphatic carbocycles. The van der Waals surface area contributed by atoms with Gasteiger partial charge < -0.3 is 14.8 Å². The average molecular weight is 317 g/mol. The Labute approximate surface area is 133 Å². The second-order valence-corrected chi connectivity index (χ2v) is 5.75. The van der Waals surface area contributed by atoms with Gasteiger partial charge in [-0.25, -0.2) is 4.98 Å². The molecule has 23 heavy (non-hydrogen) atoms. The van der Waals surface area contributed by atoms with Crippen molar-refractivity contribution in [2.75, 3.05) is 25.1 Å². The Morgan fingerprint density at radius 1 is 1.39 bits per heavy atom. The van der Waals surface area contributed by atoms with Crippen molar-refractivity contribution < 1.29 is 14.4 Å². The molecule has 1 aliphatic rings. The van der Waals surface area contributed by atoms with Crippen LogP contribution in [0.15, 0.2) is 24.3 Å². The summed E-state index contributed by atoms with van der Waals surface area (Å²) >= 11 is 0. The third kappa shape index (κ3) is 3.25. The Hall–Kier alpha value is -2.25. The second kappa shape index (κ2) is 6.10. The highest BCUT2D eigenvalue weighted by atomic mass is 16.7. The lowest BCUT2D eigenvalue weighted by atomic mass is 10.1. The molecule has 0 radical (unpaired) electrons. The van der Waals surface area contributed by atoms with Crippen molar-refractivity contribution in [3.63, 3.8) is 0 Å². The zero-order valence-electron chi connectivity index (χ0n) is 13.2. The lowest BCUT2D eigenvalue weighted by molar-refractivity contribution is -0.383. The number of hydrogen-bond donors (Lipinski definition) is 1. The number of ether oxygens (including phenoxy) is 2. The van der Waals surface area contributed by atoms with Crippen molar-refractivity contribution in [3.05, 3.63) is 40.1 Å². The van der Waals surface area contributed by atoms with Crippen LogP contribution in [-0.4, -0.2) is 35.5 Å². The van der Waals surface area contributed by atoms with E-state index in [1.807, 2.05) is 26.0 Å². The van der Waals surface area contributed by atoms with Crippen LogP contribution < -0.4 is 5.32 Å². The van der Waals surface area contributed by atoms with Crippen molar-refractivity contribution in [2.24, 2.45) is 0 Å². The van der Waals surface area contributed by atoms with Crippen LogP contribution in [0, 0.1) is 17.0 Å². The Morgan fingerprint density at radius 3 is 2.83 bits per heavy atom. The van der Waals surface area contributed by atoms with Crippen molar-refractivity contribution in [1.29, 1.82) is 0 Å². The first-order chi connectivity index (χ1) is 11.0. The van der Waals surface area contributed by atoms with Crippen molar-refractivity contribution in [1.82, 2.24) is 4.98 Å². The lowest BCUT2D eigenvalue weighted by Crippen LogP contribution is -2.28. The summed E-state index contributed by atoms with van der Waals surface area (Å²) in [5.74, 6) is -0.559. The summed E-state index contributed by atoms with van der Waals surface area (Å²) in [6.07, 6.45) is 0.685. The van der Waals surface area contributed by atoms with Gasteiger partial charge in [0.25, 0.3) is 5.69 Å². The number of benzene rings is 1. The molecule has 1 aromatic heterocycles. The smallest absolute Gasteiger partial charge is 0.295 e. The number of non-ortho nitro benzene ring substituents is 1. The fourth-order valence-electron chi connectivity index (χ4n) is 2.78. The Morgan fingerprint density at radius 2 is 2.13 bits per heavy atom. The van der Waals surface area contributed by atoms with E-state index in [0.717, 1.165) is 16.8 Å². The molecule has 0 bridgehead atoms. The van der Waals surface area contributed by atoms with Crippen LogP contribution >= 0.6 is 0 Å². The Kier molecular flexibility index (Phi) is 4.14. The van der Waals surface area contributed by atoms with Gasteiger partial charge in [0.15, 0.2) is 11.3 Å². The maximum Gasteiger partial charge on any atom is 0.295 e. The number of nitrogens with zero attached hydrogens (tertiary/aromatic N) is 2. The lowest BCUT2D eigenvalue weighted by Gasteiger charge is -2.22. The summed E-state index contributed by atoms with van der Waals surface area (Å²) in [7, 11) is 0. The largest absolute Gasteiger partial charge is 0.384 e. The number of nitro groups is 1. The molecule has 2 aromatic rings. The third-order valence-corrected chi connectivity index (χ3v) is 3.94. The van der Waals surface area contributed by atoms with Gasteiger partial charge in [-0.15, -0.1) is 0 Å². The maximum atomic E-state index is 11.2. The number of para-hydroxylation sites is 1. The van der Waals surface area contributed by atoms with Crippen molar-refractivity contribution in [3.8, 4) is 0 Å². The Balaban J connectivity index is 1.85. The highest BCUT2D eigenvalue weighted by molar-refractivity contribution is 5.96. The van der Waals surface area contributed by atoms with Gasteiger partial charge in [-0.1, -0.05) is 12.1 Å². The zero-order valence-corrected chi connectivity index (χ0v) is 13.2. The summed E-state index contributed by atoms with van der Waals surface area (Å²) in [6.45, 7) is 5.60. The fourth-order valence-corrected chi connectivity index (χ4v) is 2.78. The van der Waals surface area contributed by atoms with E-state index < -0.39 is 10.7 Å². The molecule has 7 nitrogen and oxygen atoms in total. The number of aryl methyl sites for hydroxylation is 1. The standard InChI is InChI=1S/C16H19N3O4/c1-11-10-13(17-7-6-16(2)22-8-9-23-16)12-4-3-5-14(19(20)21)15(12)18-11/h3-5,10H,6-9H2,1-2H3,(H,17,18). The molecule has 0 unspecified atom stereocenters. The summed E-state index contributed by atoms with van der Waals surface area (Å²) < 4.78 is 11.2. The van der Waals surface area contributed by atoms with E-state index in [1.54, 1.807) is 6.07 Å². The van der Waals surface area contributed by atoms with E-state index in [1.165, 1.54) is 6.07 Å². The summed E-state index contributed by atoms with van der Waals surface area (Å²) in [5.41, 5.74) is 1.98. The molecule has 0 saturated carbocycles. The molecular weight excluding hydrogens is 298 g/mol. The van der Waals surface area contributed by atoms with Gasteiger partial charge in [0, 0.05) is 35.8 Å². The van der Waals surface area contributed by atoms with Gasteiger partial charge in [-0.05, 0) is 19.9 Å². The third-order valence-electron chi connectivity index (χ3n) is 3.94. The molecule has 3 rings (SSSR count). The van der Waals surface area contributed by atoms with E-state index in [0.29, 0.717) is 31.7 Å². The number of fused-ring (bicyclic) bond motifs is 1. The number of nitrogens with one attached hydrogen (secondary N) is 1. The number of aromatic nitrogens is 1. The molecule has 7 heteroatoms. The molecule has 1 aromatic carbocycles. The Bertz CT molecular complexity index is 741. The number of rotatable bonds is 5. The maximum absolute atomic E-state index is 11.2. The molecule has 0 amide bonds. The van der Waals surface area contributed by atoms with E-state index >= 15 is 0 Å². The van der Waals surface area contributed by atoms with Crippen molar-refractivity contribution in [2.45, 2.75) is 26.1 Å². The van der Waals surface area contributed by atoms with E-state index in [9.17, 15) is 10.1 Å². The second-order valence-electron chi connectivity index (χ2n) is 5.75. The summed E-state index contributed by atoms with van der Waals surface area (Å²) in [6, 6.07) is 6.87. The number of nitro benzene ring substituents is 1. The molecular formula is C16H19N3O4. The van der Waals surface area contributed by atoms with Gasteiger partial charge >= 0.3 is 0 Å². The van der Waals surface area contributed by atoms with Crippen LogP contribution in [0.1, 0.15) is 19.0 Å². The van der Waals surface area contributed by atoms with Crippen LogP contribution in [-0.2, 0) is 9.47 Å². The molecule has 0 spiro atoms. The van der Waals surface area contributed by atoms with Crippen LogP contribution in [0.3, 0.4) is 0 Å². The molecule has 0 atom stereocenters. The first-order valence-electron chi connectivity index (χ1n) is 7.55. The molecule has 1 fully saturated rings. The molecule has 1 N–H and O–H groups in total. The first kappa shape index (κ1) is 15.6. The SMILES string of the molecule is Cc1cc(NCCC2(C)OCCO2)c2cccc([N+](=O)[O-])c2n1.